The Hall–Kier alpha value is -1.14. The van der Waals surface area contributed by atoms with Crippen molar-refractivity contribution in [3.8, 4) is 0 Å². The molecule has 20 heavy (non-hydrogen) atoms. The van der Waals surface area contributed by atoms with E-state index in [1.165, 1.54) is 6.92 Å². The zero-order chi connectivity index (χ0) is 15.8. The molecule has 0 bridgehead atoms. The standard InChI is InChI=1S/C13H13BF6/c1-3-4-11(2,14)8-5-9(12(15,16)17)7-10(6-8)13(18,19)20/h5-7H,3-4H2,1-2H3. The van der Waals surface area contributed by atoms with E-state index in [9.17, 15) is 26.3 Å². The van der Waals surface area contributed by atoms with Gasteiger partial charge in [0.05, 0.1) is 19.0 Å². The minimum Gasteiger partial charge on any atom is -0.166 e. The number of benzene rings is 1. The van der Waals surface area contributed by atoms with Crippen LogP contribution in [0.1, 0.15) is 43.4 Å². The molecule has 0 heterocycles. The lowest BCUT2D eigenvalue weighted by Crippen LogP contribution is -2.24. The molecule has 1 unspecified atom stereocenters. The summed E-state index contributed by atoms with van der Waals surface area (Å²) in [4.78, 5) is 0. The molecule has 1 aromatic carbocycles. The van der Waals surface area contributed by atoms with Gasteiger partial charge in [-0.05, 0) is 29.1 Å². The van der Waals surface area contributed by atoms with Crippen LogP contribution in [0.2, 0.25) is 0 Å². The Labute approximate surface area is 114 Å². The first-order valence-corrected chi connectivity index (χ1v) is 5.97. The van der Waals surface area contributed by atoms with Crippen LogP contribution in [0.5, 0.6) is 0 Å². The topological polar surface area (TPSA) is 0 Å². The minimum atomic E-state index is -4.85. The molecule has 1 atom stereocenters. The molecule has 2 radical (unpaired) electrons. The third-order valence-corrected chi connectivity index (χ3v) is 3.02. The maximum atomic E-state index is 12.7. The lowest BCUT2D eigenvalue weighted by atomic mass is 9.63. The first kappa shape index (κ1) is 16.9. The van der Waals surface area contributed by atoms with Crippen LogP contribution in [0.3, 0.4) is 0 Å². The van der Waals surface area contributed by atoms with Crippen molar-refractivity contribution in [1.29, 1.82) is 0 Å². The van der Waals surface area contributed by atoms with Gasteiger partial charge >= 0.3 is 12.4 Å². The maximum absolute atomic E-state index is 12.7. The molecule has 1 aromatic rings. The van der Waals surface area contributed by atoms with Crippen molar-refractivity contribution in [2.45, 2.75) is 44.4 Å². The molecule has 0 saturated carbocycles. The molecule has 0 spiro atoms. The van der Waals surface area contributed by atoms with Gasteiger partial charge in [0.25, 0.3) is 0 Å². The van der Waals surface area contributed by atoms with Gasteiger partial charge in [-0.2, -0.15) is 26.3 Å². The van der Waals surface area contributed by atoms with E-state index >= 15 is 0 Å². The van der Waals surface area contributed by atoms with Crippen LogP contribution in [0.15, 0.2) is 18.2 Å². The Bertz CT molecular complexity index is 440. The van der Waals surface area contributed by atoms with E-state index in [-0.39, 0.29) is 18.1 Å². The summed E-state index contributed by atoms with van der Waals surface area (Å²) in [5.41, 5.74) is -2.84. The Morgan fingerprint density at radius 2 is 1.20 bits per heavy atom. The summed E-state index contributed by atoms with van der Waals surface area (Å²) >= 11 is 0. The Balaban J connectivity index is 3.46. The molecule has 110 valence electrons. The van der Waals surface area contributed by atoms with Gasteiger partial charge in [0, 0.05) is 0 Å². The van der Waals surface area contributed by atoms with Crippen molar-refractivity contribution < 1.29 is 26.3 Å². The van der Waals surface area contributed by atoms with Crippen LogP contribution in [0, 0.1) is 0 Å². The largest absolute Gasteiger partial charge is 0.416 e. The Morgan fingerprint density at radius 3 is 1.50 bits per heavy atom. The van der Waals surface area contributed by atoms with Crippen molar-refractivity contribution in [2.75, 3.05) is 0 Å². The number of rotatable bonds is 3. The first-order valence-electron chi connectivity index (χ1n) is 5.97. The Morgan fingerprint density at radius 1 is 0.850 bits per heavy atom. The van der Waals surface area contributed by atoms with Gasteiger partial charge in [0.15, 0.2) is 0 Å². The fourth-order valence-corrected chi connectivity index (χ4v) is 1.95. The van der Waals surface area contributed by atoms with E-state index < -0.39 is 28.8 Å². The molecule has 0 aliphatic heterocycles. The van der Waals surface area contributed by atoms with Gasteiger partial charge in [0.1, 0.15) is 0 Å². The van der Waals surface area contributed by atoms with E-state index in [0.29, 0.717) is 18.6 Å². The van der Waals surface area contributed by atoms with Crippen LogP contribution in [0.4, 0.5) is 26.3 Å². The average molecular weight is 294 g/mol. The number of halogens is 6. The maximum Gasteiger partial charge on any atom is 0.416 e. The van der Waals surface area contributed by atoms with Crippen molar-refractivity contribution >= 4 is 7.85 Å². The predicted molar refractivity (Wildman–Crippen MR) is 64.5 cm³/mol. The van der Waals surface area contributed by atoms with E-state index in [2.05, 4.69) is 0 Å². The molecule has 0 fully saturated rings. The lowest BCUT2D eigenvalue weighted by molar-refractivity contribution is -0.143. The summed E-state index contributed by atoms with van der Waals surface area (Å²) in [6, 6.07) is 1.47. The molecule has 7 heteroatoms. The van der Waals surface area contributed by atoms with Gasteiger partial charge in [-0.15, -0.1) is 0 Å². The molecule has 0 nitrogen and oxygen atoms in total. The van der Waals surface area contributed by atoms with Crippen molar-refractivity contribution in [1.82, 2.24) is 0 Å². The molecule has 0 aliphatic carbocycles. The lowest BCUT2D eigenvalue weighted by Gasteiger charge is -2.27. The van der Waals surface area contributed by atoms with Crippen molar-refractivity contribution in [3.63, 3.8) is 0 Å². The highest BCUT2D eigenvalue weighted by molar-refractivity contribution is 6.15. The molecule has 0 amide bonds. The Kier molecular flexibility index (Phi) is 4.51. The second-order valence-corrected chi connectivity index (χ2v) is 4.96. The molecular formula is C13H13BF6. The van der Waals surface area contributed by atoms with Gasteiger partial charge < -0.3 is 0 Å². The van der Waals surface area contributed by atoms with Crippen LogP contribution in [-0.4, -0.2) is 7.85 Å². The second kappa shape index (κ2) is 5.33. The zero-order valence-corrected chi connectivity index (χ0v) is 11.0. The molecule has 0 aromatic heterocycles. The van der Waals surface area contributed by atoms with E-state index in [0.717, 1.165) is 0 Å². The third-order valence-electron chi connectivity index (χ3n) is 3.02. The quantitative estimate of drug-likeness (QED) is 0.549. The fraction of sp³-hybridized carbons (Fsp3) is 0.538. The summed E-state index contributed by atoms with van der Waals surface area (Å²) in [5, 5.41) is -1.24. The monoisotopic (exact) mass is 294 g/mol. The van der Waals surface area contributed by atoms with E-state index in [4.69, 9.17) is 7.85 Å². The highest BCUT2D eigenvalue weighted by Gasteiger charge is 2.38. The summed E-state index contributed by atoms with van der Waals surface area (Å²) < 4.78 is 76.2. The smallest absolute Gasteiger partial charge is 0.166 e. The third kappa shape index (κ3) is 3.93. The summed E-state index contributed by atoms with van der Waals surface area (Å²) in [7, 11) is 5.84. The molecule has 0 aliphatic rings. The van der Waals surface area contributed by atoms with E-state index in [1.807, 2.05) is 0 Å². The van der Waals surface area contributed by atoms with E-state index in [1.54, 1.807) is 6.92 Å². The second-order valence-electron chi connectivity index (χ2n) is 4.96. The van der Waals surface area contributed by atoms with Crippen molar-refractivity contribution in [3.05, 3.63) is 34.9 Å². The normalized spacial score (nSPS) is 16.0. The van der Waals surface area contributed by atoms with Gasteiger partial charge in [-0.25, -0.2) is 0 Å². The molecule has 1 rings (SSSR count). The van der Waals surface area contributed by atoms with Crippen LogP contribution in [0.25, 0.3) is 0 Å². The average Bonchev–Trinajstić information content (AvgIpc) is 2.26. The number of hydrogen-bond acceptors (Lipinski definition) is 0. The zero-order valence-electron chi connectivity index (χ0n) is 11.0. The summed E-state index contributed by atoms with van der Waals surface area (Å²) in [6.45, 7) is 3.18. The van der Waals surface area contributed by atoms with Gasteiger partial charge in [0.2, 0.25) is 0 Å². The SMILES string of the molecule is [B]C(C)(CCC)c1cc(C(F)(F)F)cc(C(F)(F)F)c1. The van der Waals surface area contributed by atoms with Crippen LogP contribution >= 0.6 is 0 Å². The molecule has 0 saturated heterocycles. The first-order chi connectivity index (χ1) is 8.88. The highest BCUT2D eigenvalue weighted by Crippen LogP contribution is 2.39. The fourth-order valence-electron chi connectivity index (χ4n) is 1.95. The minimum absolute atomic E-state index is 0.103. The van der Waals surface area contributed by atoms with Crippen molar-refractivity contribution in [2.24, 2.45) is 0 Å². The van der Waals surface area contributed by atoms with Crippen LogP contribution < -0.4 is 0 Å². The molecule has 0 N–H and O–H groups in total. The number of hydrogen-bond donors (Lipinski definition) is 0. The highest BCUT2D eigenvalue weighted by atomic mass is 19.4. The summed E-state index contributed by atoms with van der Waals surface area (Å²) in [5.74, 6) is 0. The van der Waals surface area contributed by atoms with Crippen LogP contribution in [-0.2, 0) is 17.7 Å². The number of alkyl halides is 6. The molecular weight excluding hydrogens is 281 g/mol. The van der Waals surface area contributed by atoms with Gasteiger partial charge in [-0.1, -0.05) is 26.7 Å². The summed E-state index contributed by atoms with van der Waals surface area (Å²) in [6.07, 6.45) is -8.87. The van der Waals surface area contributed by atoms with Gasteiger partial charge in [-0.3, -0.25) is 0 Å². The predicted octanol–water partition coefficient (Wildman–Crippen LogP) is 4.91.